The van der Waals surface area contributed by atoms with Gasteiger partial charge in [0, 0.05) is 16.7 Å². The molecule has 1 aromatic carbocycles. The van der Waals surface area contributed by atoms with Crippen LogP contribution in [-0.2, 0) is 4.79 Å². The Labute approximate surface area is 151 Å². The highest BCUT2D eigenvalue weighted by atomic mass is 16.6. The number of hydrogen-bond donors (Lipinski definition) is 2. The summed E-state index contributed by atoms with van der Waals surface area (Å²) in [6.07, 6.45) is 3.95. The minimum atomic E-state index is -1.07. The standard InChI is InChI=1S/C16H13N5O6/c1-27-11-5-2-9(3-6-11)17-16(22)14(21(25)26)15-18-12-7-4-10(20(23)24)8-13(12)19-15/h2-8,10,19H,1H3,(H,17,22)/b15-14-. The zero-order chi connectivity index (χ0) is 19.6. The number of H-pyrrole nitrogens is 1. The molecule has 27 heavy (non-hydrogen) atoms. The summed E-state index contributed by atoms with van der Waals surface area (Å²) < 4.78 is 5.00. The van der Waals surface area contributed by atoms with Gasteiger partial charge in [0.15, 0.2) is 0 Å². The van der Waals surface area contributed by atoms with Crippen molar-refractivity contribution in [2.24, 2.45) is 0 Å². The fourth-order valence-corrected chi connectivity index (χ4v) is 2.46. The number of hydrogen-bond acceptors (Lipinski definition) is 7. The highest BCUT2D eigenvalue weighted by molar-refractivity contribution is 6.16. The van der Waals surface area contributed by atoms with Crippen molar-refractivity contribution in [3.8, 4) is 5.75 Å². The Morgan fingerprint density at radius 2 is 1.96 bits per heavy atom. The van der Waals surface area contributed by atoms with Crippen molar-refractivity contribution < 1.29 is 19.4 Å². The number of aromatic nitrogens is 2. The summed E-state index contributed by atoms with van der Waals surface area (Å²) in [7, 11) is 1.49. The van der Waals surface area contributed by atoms with Crippen LogP contribution in [0.15, 0.2) is 30.3 Å². The van der Waals surface area contributed by atoms with Crippen molar-refractivity contribution in [3.05, 3.63) is 67.1 Å². The Balaban J connectivity index is 1.99. The maximum absolute atomic E-state index is 12.4. The second-order valence-electron chi connectivity index (χ2n) is 5.47. The summed E-state index contributed by atoms with van der Waals surface area (Å²) >= 11 is 0. The molecule has 2 N–H and O–H groups in total. The van der Waals surface area contributed by atoms with Crippen LogP contribution in [0.1, 0.15) is 5.69 Å². The van der Waals surface area contributed by atoms with Gasteiger partial charge in [-0.05, 0) is 36.4 Å². The first-order valence-corrected chi connectivity index (χ1v) is 7.62. The van der Waals surface area contributed by atoms with Gasteiger partial charge in [-0.1, -0.05) is 0 Å². The predicted octanol–water partition coefficient (Wildman–Crippen LogP) is -0.106. The summed E-state index contributed by atoms with van der Waals surface area (Å²) in [5.74, 6) is -0.418. The molecule has 1 amide bonds. The Kier molecular flexibility index (Phi) is 4.66. The van der Waals surface area contributed by atoms with Crippen molar-refractivity contribution in [1.82, 2.24) is 9.97 Å². The highest BCUT2D eigenvalue weighted by Gasteiger charge is 2.26. The van der Waals surface area contributed by atoms with Crippen molar-refractivity contribution in [1.29, 1.82) is 0 Å². The molecule has 0 aliphatic heterocycles. The van der Waals surface area contributed by atoms with E-state index >= 15 is 0 Å². The van der Waals surface area contributed by atoms with E-state index in [1.165, 1.54) is 37.5 Å². The van der Waals surface area contributed by atoms with Gasteiger partial charge in [0.1, 0.15) is 5.75 Å². The zero-order valence-corrected chi connectivity index (χ0v) is 13.9. The number of nitro groups is 2. The third-order valence-corrected chi connectivity index (χ3v) is 3.76. The Morgan fingerprint density at radius 3 is 2.56 bits per heavy atom. The number of fused-ring (bicyclic) bond motifs is 1. The van der Waals surface area contributed by atoms with E-state index in [0.29, 0.717) is 11.4 Å². The largest absolute Gasteiger partial charge is 0.497 e. The van der Waals surface area contributed by atoms with Crippen LogP contribution in [0.25, 0.3) is 17.8 Å². The molecule has 0 saturated heterocycles. The summed E-state index contributed by atoms with van der Waals surface area (Å²) in [6, 6.07) is 5.16. The van der Waals surface area contributed by atoms with Crippen LogP contribution >= 0.6 is 0 Å². The second-order valence-corrected chi connectivity index (χ2v) is 5.47. The number of carbonyl (C=O) groups is 1. The lowest BCUT2D eigenvalue weighted by Gasteiger charge is -2.04. The molecular weight excluding hydrogens is 358 g/mol. The minimum Gasteiger partial charge on any atom is -0.497 e. The summed E-state index contributed by atoms with van der Waals surface area (Å²) in [4.78, 5) is 39.9. The number of aromatic amines is 1. The molecular formula is C16H13N5O6. The molecule has 0 fully saturated rings. The molecule has 1 aliphatic rings. The van der Waals surface area contributed by atoms with Crippen LogP contribution in [0.4, 0.5) is 5.69 Å². The van der Waals surface area contributed by atoms with E-state index in [2.05, 4.69) is 15.3 Å². The van der Waals surface area contributed by atoms with E-state index in [0.717, 1.165) is 0 Å². The number of benzene rings is 1. The first-order chi connectivity index (χ1) is 12.9. The third kappa shape index (κ3) is 3.66. The second kappa shape index (κ2) is 7.07. The lowest BCUT2D eigenvalue weighted by atomic mass is 10.1. The lowest BCUT2D eigenvalue weighted by Crippen LogP contribution is -2.29. The van der Waals surface area contributed by atoms with E-state index in [9.17, 15) is 25.0 Å². The van der Waals surface area contributed by atoms with Crippen molar-refractivity contribution in [3.63, 3.8) is 0 Å². The molecule has 0 saturated carbocycles. The molecule has 2 aromatic rings. The van der Waals surface area contributed by atoms with Gasteiger partial charge >= 0.3 is 11.6 Å². The first-order valence-electron chi connectivity index (χ1n) is 7.62. The van der Waals surface area contributed by atoms with Crippen LogP contribution in [0.3, 0.4) is 0 Å². The van der Waals surface area contributed by atoms with Crippen LogP contribution in [0.2, 0.25) is 0 Å². The number of imidazole rings is 1. The van der Waals surface area contributed by atoms with Gasteiger partial charge in [-0.15, -0.1) is 0 Å². The molecule has 0 bridgehead atoms. The maximum atomic E-state index is 12.4. The molecule has 1 aromatic heterocycles. The van der Waals surface area contributed by atoms with Crippen LogP contribution in [0.5, 0.6) is 5.75 Å². The molecule has 1 aliphatic carbocycles. The molecule has 0 radical (unpaired) electrons. The molecule has 1 unspecified atom stereocenters. The van der Waals surface area contributed by atoms with E-state index < -0.39 is 27.5 Å². The summed E-state index contributed by atoms with van der Waals surface area (Å²) in [5, 5.41) is 24.9. The Bertz CT molecular complexity index is 1070. The number of nitrogens with one attached hydrogen (secondary N) is 2. The van der Waals surface area contributed by atoms with Crippen LogP contribution < -0.4 is 20.9 Å². The monoisotopic (exact) mass is 371 g/mol. The number of methoxy groups -OCH3 is 1. The van der Waals surface area contributed by atoms with Gasteiger partial charge in [-0.25, -0.2) is 4.98 Å². The third-order valence-electron chi connectivity index (χ3n) is 3.76. The maximum Gasteiger partial charge on any atom is 0.375 e. The highest BCUT2D eigenvalue weighted by Crippen LogP contribution is 2.15. The van der Waals surface area contributed by atoms with Gasteiger partial charge in [0.2, 0.25) is 5.48 Å². The normalized spacial score (nSPS) is 16.0. The molecule has 11 heteroatoms. The SMILES string of the molecule is COc1ccc(NC(=O)/C(=c2\nc3c([nH]2)=CC([N+](=O)[O-])C=C3)[N+](=O)[O-])cc1. The number of nitrogens with zero attached hydrogens (tertiary/aromatic N) is 3. The lowest BCUT2D eigenvalue weighted by molar-refractivity contribution is -0.491. The number of amides is 1. The number of rotatable bonds is 5. The van der Waals surface area contributed by atoms with Crippen LogP contribution in [-0.4, -0.2) is 38.9 Å². The summed E-state index contributed by atoms with van der Waals surface area (Å²) in [6.45, 7) is 0. The fourth-order valence-electron chi connectivity index (χ4n) is 2.46. The van der Waals surface area contributed by atoms with Gasteiger partial charge in [-0.3, -0.25) is 25.0 Å². The topological polar surface area (TPSA) is 153 Å². The zero-order valence-electron chi connectivity index (χ0n) is 13.9. The van der Waals surface area contributed by atoms with Gasteiger partial charge in [0.05, 0.1) is 23.1 Å². The van der Waals surface area contributed by atoms with E-state index in [1.807, 2.05) is 0 Å². The fraction of sp³-hybridized carbons (Fsp3) is 0.125. The number of anilines is 1. The average Bonchev–Trinajstić information content (AvgIpc) is 3.04. The molecule has 1 atom stereocenters. The van der Waals surface area contributed by atoms with Crippen molar-refractivity contribution in [2.45, 2.75) is 6.04 Å². The molecule has 0 spiro atoms. The molecule has 138 valence electrons. The Morgan fingerprint density at radius 1 is 1.26 bits per heavy atom. The van der Waals surface area contributed by atoms with Gasteiger partial charge in [0.25, 0.3) is 6.04 Å². The molecule has 3 rings (SSSR count). The number of carbonyl (C=O) groups excluding carboxylic acids is 1. The molecule has 11 nitrogen and oxygen atoms in total. The van der Waals surface area contributed by atoms with Crippen LogP contribution in [0, 0.1) is 20.2 Å². The minimum absolute atomic E-state index is 0.241. The average molecular weight is 371 g/mol. The number of ether oxygens (including phenoxy) is 1. The van der Waals surface area contributed by atoms with Gasteiger partial charge in [-0.2, -0.15) is 0 Å². The van der Waals surface area contributed by atoms with E-state index in [1.54, 1.807) is 12.1 Å². The smallest absolute Gasteiger partial charge is 0.375 e. The van der Waals surface area contributed by atoms with Crippen molar-refractivity contribution >= 4 is 29.4 Å². The molecule has 1 heterocycles. The quantitative estimate of drug-likeness (QED) is 0.549. The first kappa shape index (κ1) is 17.8. The Hall–Kier alpha value is -4.02. The van der Waals surface area contributed by atoms with Crippen molar-refractivity contribution in [2.75, 3.05) is 12.4 Å². The van der Waals surface area contributed by atoms with Gasteiger partial charge < -0.3 is 15.0 Å². The summed E-state index contributed by atoms with van der Waals surface area (Å²) in [5.41, 5.74) is -0.489. The van der Waals surface area contributed by atoms with E-state index in [4.69, 9.17) is 4.74 Å². The predicted molar refractivity (Wildman–Crippen MR) is 94.1 cm³/mol. The van der Waals surface area contributed by atoms with E-state index in [-0.39, 0.29) is 16.5 Å².